The fraction of sp³-hybridized carbons (Fsp3) is 0.286. The molecule has 2 rings (SSSR count). The van der Waals surface area contributed by atoms with Gasteiger partial charge in [0.15, 0.2) is 6.61 Å². The van der Waals surface area contributed by atoms with Crippen LogP contribution in [0.4, 0.5) is 11.4 Å². The summed E-state index contributed by atoms with van der Waals surface area (Å²) in [5.74, 6) is -0.378. The molecular formula is C21H23ClN2O6. The standard InChI is InChI=1S/C21H23ClN2O6/c1-28-17-7-4-3-6-15(17)23-19(25)8-5-9-21(27)30-13-20(26)24-16-12-14(22)10-11-18(16)29-2/h3-4,6-7,10-12H,5,8-9,13H2,1-2H3,(H,23,25)(H,24,26). The molecule has 0 spiro atoms. The zero-order valence-electron chi connectivity index (χ0n) is 16.7. The van der Waals surface area contributed by atoms with Gasteiger partial charge in [-0.1, -0.05) is 23.7 Å². The minimum Gasteiger partial charge on any atom is -0.495 e. The van der Waals surface area contributed by atoms with E-state index < -0.39 is 18.5 Å². The van der Waals surface area contributed by atoms with Gasteiger partial charge in [0.05, 0.1) is 25.6 Å². The lowest BCUT2D eigenvalue weighted by Crippen LogP contribution is -2.21. The predicted octanol–water partition coefficient (Wildman–Crippen LogP) is 3.65. The SMILES string of the molecule is COc1ccccc1NC(=O)CCCC(=O)OCC(=O)Nc1cc(Cl)ccc1OC. The Labute approximate surface area is 179 Å². The molecule has 8 nitrogen and oxygen atoms in total. The molecule has 0 aliphatic carbocycles. The molecule has 2 aromatic rings. The Balaban J connectivity index is 1.70. The molecule has 0 atom stereocenters. The number of esters is 1. The Morgan fingerprint density at radius 2 is 1.53 bits per heavy atom. The van der Waals surface area contributed by atoms with Gasteiger partial charge >= 0.3 is 5.97 Å². The predicted molar refractivity (Wildman–Crippen MR) is 113 cm³/mol. The van der Waals surface area contributed by atoms with Gasteiger partial charge < -0.3 is 24.8 Å². The zero-order chi connectivity index (χ0) is 21.9. The Morgan fingerprint density at radius 3 is 2.27 bits per heavy atom. The minimum atomic E-state index is -0.576. The lowest BCUT2D eigenvalue weighted by Gasteiger charge is -2.11. The molecule has 0 radical (unpaired) electrons. The van der Waals surface area contributed by atoms with E-state index in [1.165, 1.54) is 20.3 Å². The van der Waals surface area contributed by atoms with E-state index in [0.717, 1.165) is 0 Å². The number of methoxy groups -OCH3 is 2. The molecule has 0 bridgehead atoms. The van der Waals surface area contributed by atoms with Crippen molar-refractivity contribution < 1.29 is 28.6 Å². The monoisotopic (exact) mass is 434 g/mol. The maximum absolute atomic E-state index is 12.0. The number of hydrogen-bond donors (Lipinski definition) is 2. The van der Waals surface area contributed by atoms with Crippen molar-refractivity contribution in [2.75, 3.05) is 31.5 Å². The lowest BCUT2D eigenvalue weighted by molar-refractivity contribution is -0.147. The van der Waals surface area contributed by atoms with Gasteiger partial charge in [-0.15, -0.1) is 0 Å². The molecule has 30 heavy (non-hydrogen) atoms. The maximum atomic E-state index is 12.0. The summed E-state index contributed by atoms with van der Waals surface area (Å²) >= 11 is 5.90. The second kappa shape index (κ2) is 11.7. The zero-order valence-corrected chi connectivity index (χ0v) is 17.5. The van der Waals surface area contributed by atoms with E-state index in [-0.39, 0.29) is 25.2 Å². The summed E-state index contributed by atoms with van der Waals surface area (Å²) in [5, 5.41) is 5.72. The number of anilines is 2. The topological polar surface area (TPSA) is 103 Å². The molecule has 0 aromatic heterocycles. The van der Waals surface area contributed by atoms with E-state index in [0.29, 0.717) is 27.9 Å². The number of carbonyl (C=O) groups excluding carboxylic acids is 3. The van der Waals surface area contributed by atoms with E-state index >= 15 is 0 Å². The first-order valence-corrected chi connectivity index (χ1v) is 9.52. The maximum Gasteiger partial charge on any atom is 0.306 e. The molecule has 0 fully saturated rings. The van der Waals surface area contributed by atoms with Crippen molar-refractivity contribution >= 4 is 40.8 Å². The Kier molecular flexibility index (Phi) is 8.96. The highest BCUT2D eigenvalue weighted by Crippen LogP contribution is 2.27. The highest BCUT2D eigenvalue weighted by Gasteiger charge is 2.12. The number of para-hydroxylation sites is 2. The third kappa shape index (κ3) is 7.29. The van der Waals surface area contributed by atoms with E-state index in [4.69, 9.17) is 25.8 Å². The Bertz CT molecular complexity index is 903. The number of benzene rings is 2. The number of rotatable bonds is 10. The van der Waals surface area contributed by atoms with Crippen molar-refractivity contribution in [1.82, 2.24) is 0 Å². The van der Waals surface area contributed by atoms with Crippen LogP contribution in [0.15, 0.2) is 42.5 Å². The minimum absolute atomic E-state index is 0.00705. The van der Waals surface area contributed by atoms with Crippen LogP contribution in [0.2, 0.25) is 5.02 Å². The first kappa shape index (κ1) is 23.0. The largest absolute Gasteiger partial charge is 0.495 e. The number of hydrogen-bond acceptors (Lipinski definition) is 6. The van der Waals surface area contributed by atoms with Crippen molar-refractivity contribution in [2.45, 2.75) is 19.3 Å². The summed E-state index contributed by atoms with van der Waals surface area (Å²) in [7, 11) is 2.97. The van der Waals surface area contributed by atoms with Crippen LogP contribution in [0.25, 0.3) is 0 Å². The van der Waals surface area contributed by atoms with Crippen LogP contribution >= 0.6 is 11.6 Å². The van der Waals surface area contributed by atoms with Crippen molar-refractivity contribution in [2.24, 2.45) is 0 Å². The summed E-state index contributed by atoms with van der Waals surface area (Å²) in [6.07, 6.45) is 0.412. The number of amides is 2. The molecule has 2 amide bonds. The molecule has 0 unspecified atom stereocenters. The molecule has 0 saturated heterocycles. The first-order chi connectivity index (χ1) is 14.4. The molecule has 9 heteroatoms. The Morgan fingerprint density at radius 1 is 0.867 bits per heavy atom. The van der Waals surface area contributed by atoms with Gasteiger partial charge in [-0.05, 0) is 36.8 Å². The third-order valence-corrected chi connectivity index (χ3v) is 4.20. The quantitative estimate of drug-likeness (QED) is 0.553. The van der Waals surface area contributed by atoms with Gasteiger partial charge in [0.25, 0.3) is 5.91 Å². The average Bonchev–Trinajstić information content (AvgIpc) is 2.73. The summed E-state index contributed by atoms with van der Waals surface area (Å²) in [4.78, 5) is 35.8. The fourth-order valence-electron chi connectivity index (χ4n) is 2.54. The second-order valence-corrected chi connectivity index (χ2v) is 6.59. The van der Waals surface area contributed by atoms with E-state index in [9.17, 15) is 14.4 Å². The number of nitrogens with one attached hydrogen (secondary N) is 2. The highest BCUT2D eigenvalue weighted by molar-refractivity contribution is 6.31. The third-order valence-electron chi connectivity index (χ3n) is 3.97. The van der Waals surface area contributed by atoms with E-state index in [1.807, 2.05) is 0 Å². The molecule has 160 valence electrons. The molecule has 2 aromatic carbocycles. The van der Waals surface area contributed by atoms with Crippen molar-refractivity contribution in [3.63, 3.8) is 0 Å². The van der Waals surface area contributed by atoms with Crippen LogP contribution in [0.5, 0.6) is 11.5 Å². The number of carbonyl (C=O) groups is 3. The van der Waals surface area contributed by atoms with Gasteiger partial charge in [-0.2, -0.15) is 0 Å². The first-order valence-electron chi connectivity index (χ1n) is 9.14. The van der Waals surface area contributed by atoms with E-state index in [2.05, 4.69) is 10.6 Å². The normalized spacial score (nSPS) is 10.1. The van der Waals surface area contributed by atoms with Crippen molar-refractivity contribution in [3.05, 3.63) is 47.5 Å². The Hall–Kier alpha value is -3.26. The van der Waals surface area contributed by atoms with Gasteiger partial charge in [-0.25, -0.2) is 0 Å². The smallest absolute Gasteiger partial charge is 0.306 e. The van der Waals surface area contributed by atoms with Gasteiger partial charge in [-0.3, -0.25) is 14.4 Å². The lowest BCUT2D eigenvalue weighted by atomic mass is 10.2. The molecule has 0 aliphatic rings. The van der Waals surface area contributed by atoms with E-state index in [1.54, 1.807) is 36.4 Å². The van der Waals surface area contributed by atoms with Gasteiger partial charge in [0.1, 0.15) is 11.5 Å². The van der Waals surface area contributed by atoms with Gasteiger partial charge in [0.2, 0.25) is 5.91 Å². The van der Waals surface area contributed by atoms with Crippen LogP contribution in [0.3, 0.4) is 0 Å². The second-order valence-electron chi connectivity index (χ2n) is 6.16. The number of halogens is 1. The van der Waals surface area contributed by atoms with Gasteiger partial charge in [0, 0.05) is 17.9 Å². The van der Waals surface area contributed by atoms with Crippen LogP contribution in [-0.4, -0.2) is 38.6 Å². The molecule has 2 N–H and O–H groups in total. The highest BCUT2D eigenvalue weighted by atomic mass is 35.5. The molecule has 0 heterocycles. The van der Waals surface area contributed by atoms with Crippen LogP contribution in [0, 0.1) is 0 Å². The number of ether oxygens (including phenoxy) is 3. The molecular weight excluding hydrogens is 412 g/mol. The summed E-state index contributed by atoms with van der Waals surface area (Å²) < 4.78 is 15.2. The fourth-order valence-corrected chi connectivity index (χ4v) is 2.71. The van der Waals surface area contributed by atoms with Crippen molar-refractivity contribution in [1.29, 1.82) is 0 Å². The summed E-state index contributed by atoms with van der Waals surface area (Å²) in [5.41, 5.74) is 0.930. The molecule has 0 saturated carbocycles. The van der Waals surface area contributed by atoms with Crippen LogP contribution in [-0.2, 0) is 19.1 Å². The molecule has 0 aliphatic heterocycles. The average molecular weight is 435 g/mol. The van der Waals surface area contributed by atoms with Crippen molar-refractivity contribution in [3.8, 4) is 11.5 Å². The summed E-state index contributed by atoms with van der Waals surface area (Å²) in [6.45, 7) is -0.456. The van der Waals surface area contributed by atoms with Crippen LogP contribution in [0.1, 0.15) is 19.3 Å². The summed E-state index contributed by atoms with van der Waals surface area (Å²) in [6, 6.07) is 11.8. The van der Waals surface area contributed by atoms with Crippen LogP contribution < -0.4 is 20.1 Å².